The Morgan fingerprint density at radius 3 is 2.67 bits per heavy atom. The molecule has 0 atom stereocenters. The van der Waals surface area contributed by atoms with Gasteiger partial charge in [0.05, 0.1) is 28.8 Å². The number of aromatic carboxylic acids is 1. The normalized spacial score (nSPS) is 10.4. The zero-order valence-electron chi connectivity index (χ0n) is 11.4. The van der Waals surface area contributed by atoms with Gasteiger partial charge in [0.15, 0.2) is 0 Å². The maximum atomic E-state index is 12.0. The summed E-state index contributed by atoms with van der Waals surface area (Å²) in [5.41, 5.74) is 1.49. The molecule has 0 fully saturated rings. The van der Waals surface area contributed by atoms with Gasteiger partial charge in [0.2, 0.25) is 5.91 Å². The van der Waals surface area contributed by atoms with Crippen LogP contribution in [0.2, 0.25) is 5.02 Å². The van der Waals surface area contributed by atoms with Gasteiger partial charge in [-0.15, -0.1) is 0 Å². The SMILES string of the molecule is Cc1noc(C)c1CC(=O)Nc1cc(C(=O)[O-])ccc1Cl. The minimum atomic E-state index is -1.34. The fourth-order valence-corrected chi connectivity index (χ4v) is 2.02. The number of halogens is 1. The number of anilines is 1. The predicted octanol–water partition coefficient (Wildman–Crippen LogP) is 1.49. The summed E-state index contributed by atoms with van der Waals surface area (Å²) >= 11 is 5.93. The number of nitrogens with zero attached hydrogens (tertiary/aromatic N) is 1. The van der Waals surface area contributed by atoms with E-state index in [1.165, 1.54) is 18.2 Å². The molecule has 1 amide bonds. The zero-order valence-corrected chi connectivity index (χ0v) is 12.2. The van der Waals surface area contributed by atoms with Crippen LogP contribution in [0, 0.1) is 13.8 Å². The predicted molar refractivity (Wildman–Crippen MR) is 74.1 cm³/mol. The van der Waals surface area contributed by atoms with E-state index in [1.807, 2.05) is 0 Å². The average Bonchev–Trinajstić information content (AvgIpc) is 2.73. The summed E-state index contributed by atoms with van der Waals surface area (Å²) in [5, 5.41) is 17.4. The highest BCUT2D eigenvalue weighted by atomic mass is 35.5. The fraction of sp³-hybridized carbons (Fsp3) is 0.214. The number of carboxylic acid groups (broad SMARTS) is 1. The third-order valence-electron chi connectivity index (χ3n) is 2.99. The smallest absolute Gasteiger partial charge is 0.229 e. The van der Waals surface area contributed by atoms with Crippen molar-refractivity contribution in [1.29, 1.82) is 0 Å². The van der Waals surface area contributed by atoms with Gasteiger partial charge in [-0.25, -0.2) is 0 Å². The Kier molecular flexibility index (Phi) is 4.28. The van der Waals surface area contributed by atoms with Crippen molar-refractivity contribution in [2.45, 2.75) is 20.3 Å². The fourth-order valence-electron chi connectivity index (χ4n) is 1.86. The summed E-state index contributed by atoms with van der Waals surface area (Å²) in [7, 11) is 0. The number of rotatable bonds is 4. The molecule has 21 heavy (non-hydrogen) atoms. The van der Waals surface area contributed by atoms with Crippen molar-refractivity contribution < 1.29 is 19.2 Å². The molecule has 0 saturated heterocycles. The lowest BCUT2D eigenvalue weighted by molar-refractivity contribution is -0.255. The van der Waals surface area contributed by atoms with Crippen molar-refractivity contribution in [3.63, 3.8) is 0 Å². The molecule has 0 saturated carbocycles. The molecule has 7 heteroatoms. The maximum absolute atomic E-state index is 12.0. The van der Waals surface area contributed by atoms with Crippen molar-refractivity contribution in [3.05, 3.63) is 45.8 Å². The highest BCUT2D eigenvalue weighted by Crippen LogP contribution is 2.23. The first-order valence-corrected chi connectivity index (χ1v) is 6.48. The quantitative estimate of drug-likeness (QED) is 0.923. The van der Waals surface area contributed by atoms with Crippen LogP contribution in [0.3, 0.4) is 0 Å². The van der Waals surface area contributed by atoms with E-state index in [2.05, 4.69) is 10.5 Å². The summed E-state index contributed by atoms with van der Waals surface area (Å²) in [6, 6.07) is 3.95. The number of amides is 1. The molecule has 0 aliphatic rings. The summed E-state index contributed by atoms with van der Waals surface area (Å²) in [6.07, 6.45) is 0.0625. The van der Waals surface area contributed by atoms with Crippen LogP contribution in [-0.4, -0.2) is 17.0 Å². The van der Waals surface area contributed by atoms with Crippen LogP contribution >= 0.6 is 11.6 Å². The molecule has 1 aromatic carbocycles. The molecule has 2 rings (SSSR count). The minimum Gasteiger partial charge on any atom is -0.545 e. The summed E-state index contributed by atoms with van der Waals surface area (Å²) in [4.78, 5) is 22.8. The molecule has 0 unspecified atom stereocenters. The number of aromatic nitrogens is 1. The van der Waals surface area contributed by atoms with Gasteiger partial charge in [0, 0.05) is 5.56 Å². The largest absolute Gasteiger partial charge is 0.545 e. The Balaban J connectivity index is 2.16. The van der Waals surface area contributed by atoms with Gasteiger partial charge in [-0.3, -0.25) is 4.79 Å². The second-order valence-corrected chi connectivity index (χ2v) is 4.92. The Morgan fingerprint density at radius 1 is 1.38 bits per heavy atom. The molecule has 0 spiro atoms. The van der Waals surface area contributed by atoms with E-state index < -0.39 is 5.97 Å². The topological polar surface area (TPSA) is 95.3 Å². The first-order chi connectivity index (χ1) is 9.88. The molecule has 1 aromatic heterocycles. The molecule has 0 aliphatic heterocycles. The maximum Gasteiger partial charge on any atom is 0.229 e. The van der Waals surface area contributed by atoms with E-state index in [1.54, 1.807) is 13.8 Å². The first-order valence-electron chi connectivity index (χ1n) is 6.11. The van der Waals surface area contributed by atoms with Crippen LogP contribution in [0.25, 0.3) is 0 Å². The van der Waals surface area contributed by atoms with Gasteiger partial charge in [0.1, 0.15) is 5.76 Å². The van der Waals surface area contributed by atoms with Crippen molar-refractivity contribution in [2.24, 2.45) is 0 Å². The molecule has 6 nitrogen and oxygen atoms in total. The van der Waals surface area contributed by atoms with Crippen molar-refractivity contribution in [2.75, 3.05) is 5.32 Å². The molecule has 110 valence electrons. The van der Waals surface area contributed by atoms with Gasteiger partial charge in [-0.05, 0) is 31.5 Å². The lowest BCUT2D eigenvalue weighted by atomic mass is 10.1. The molecule has 0 aliphatic carbocycles. The van der Waals surface area contributed by atoms with Gasteiger partial charge in [-0.2, -0.15) is 0 Å². The molecular weight excluding hydrogens is 296 g/mol. The van der Waals surface area contributed by atoms with E-state index in [-0.39, 0.29) is 28.6 Å². The Bertz CT molecular complexity index is 689. The number of carbonyl (C=O) groups is 2. The molecule has 2 aromatic rings. The zero-order chi connectivity index (χ0) is 15.6. The Morgan fingerprint density at radius 2 is 2.10 bits per heavy atom. The number of carbonyl (C=O) groups excluding carboxylic acids is 2. The van der Waals surface area contributed by atoms with Crippen LogP contribution in [0.1, 0.15) is 27.4 Å². The molecular formula is C14H12ClN2O4-. The highest BCUT2D eigenvalue weighted by Gasteiger charge is 2.14. The summed E-state index contributed by atoms with van der Waals surface area (Å²) < 4.78 is 4.98. The summed E-state index contributed by atoms with van der Waals surface area (Å²) in [6.45, 7) is 3.45. The lowest BCUT2D eigenvalue weighted by Crippen LogP contribution is -2.22. The molecule has 1 heterocycles. The van der Waals surface area contributed by atoms with Crippen LogP contribution in [0.15, 0.2) is 22.7 Å². The van der Waals surface area contributed by atoms with E-state index in [0.29, 0.717) is 17.0 Å². The first kappa shape index (κ1) is 15.1. The van der Waals surface area contributed by atoms with Gasteiger partial charge >= 0.3 is 0 Å². The lowest BCUT2D eigenvalue weighted by Gasteiger charge is -2.10. The number of benzene rings is 1. The summed E-state index contributed by atoms with van der Waals surface area (Å²) in [5.74, 6) is -1.12. The number of carboxylic acids is 1. The monoisotopic (exact) mass is 307 g/mol. The molecule has 0 bridgehead atoms. The van der Waals surface area contributed by atoms with Crippen molar-refractivity contribution >= 4 is 29.2 Å². The van der Waals surface area contributed by atoms with Crippen LogP contribution in [0.5, 0.6) is 0 Å². The van der Waals surface area contributed by atoms with E-state index >= 15 is 0 Å². The molecule has 1 N–H and O–H groups in total. The minimum absolute atomic E-state index is 0.0625. The van der Waals surface area contributed by atoms with Gasteiger partial charge in [0.25, 0.3) is 0 Å². The number of nitrogens with one attached hydrogen (secondary N) is 1. The van der Waals surface area contributed by atoms with Crippen molar-refractivity contribution in [3.8, 4) is 0 Å². The van der Waals surface area contributed by atoms with Gasteiger partial charge < -0.3 is 19.7 Å². The van der Waals surface area contributed by atoms with Crippen LogP contribution in [-0.2, 0) is 11.2 Å². The van der Waals surface area contributed by atoms with Crippen molar-refractivity contribution in [1.82, 2.24) is 5.16 Å². The second-order valence-electron chi connectivity index (χ2n) is 4.51. The molecule has 0 radical (unpaired) electrons. The van der Waals surface area contributed by atoms with E-state index in [0.717, 1.165) is 0 Å². The number of hydrogen-bond donors (Lipinski definition) is 1. The van der Waals surface area contributed by atoms with Crippen LogP contribution < -0.4 is 10.4 Å². The van der Waals surface area contributed by atoms with E-state index in [4.69, 9.17) is 16.1 Å². The Hall–Kier alpha value is -2.34. The average molecular weight is 308 g/mol. The van der Waals surface area contributed by atoms with Crippen LogP contribution in [0.4, 0.5) is 5.69 Å². The number of hydrogen-bond acceptors (Lipinski definition) is 5. The van der Waals surface area contributed by atoms with E-state index in [9.17, 15) is 14.7 Å². The number of aryl methyl sites for hydroxylation is 2. The third-order valence-corrected chi connectivity index (χ3v) is 3.32. The third kappa shape index (κ3) is 3.41. The standard InChI is InChI=1S/C14H13ClN2O4/c1-7-10(8(2)21-17-7)6-13(18)16-12-5-9(14(19)20)3-4-11(12)15/h3-5H,6H2,1-2H3,(H,16,18)(H,19,20)/p-1. The highest BCUT2D eigenvalue weighted by molar-refractivity contribution is 6.33. The Labute approximate surface area is 125 Å². The second kappa shape index (κ2) is 5.97. The van der Waals surface area contributed by atoms with Gasteiger partial charge in [-0.1, -0.05) is 22.8 Å².